The second-order valence-electron chi connectivity index (χ2n) is 12.6. The summed E-state index contributed by atoms with van der Waals surface area (Å²) in [6.07, 6.45) is 0. The second-order valence-corrected chi connectivity index (χ2v) is 12.6. The molecular weight excluding hydrogens is 544 g/mol. The quantitative estimate of drug-likeness (QED) is 0.202. The molecule has 1 aliphatic heterocycles. The van der Waals surface area contributed by atoms with E-state index in [2.05, 4.69) is 181 Å². The molecule has 0 spiro atoms. The van der Waals surface area contributed by atoms with Crippen LogP contribution in [0.5, 0.6) is 0 Å². The van der Waals surface area contributed by atoms with E-state index in [9.17, 15) is 0 Å². The molecule has 0 fully saturated rings. The lowest BCUT2D eigenvalue weighted by molar-refractivity contribution is 0.630. The minimum atomic E-state index is -0.0707. The molecule has 1 aliphatic rings. The van der Waals surface area contributed by atoms with Crippen molar-refractivity contribution in [3.63, 3.8) is 0 Å². The summed E-state index contributed by atoms with van der Waals surface area (Å²) in [5, 5.41) is 5.07. The van der Waals surface area contributed by atoms with E-state index in [0.717, 1.165) is 11.4 Å². The molecule has 2 heterocycles. The van der Waals surface area contributed by atoms with Gasteiger partial charge in [0.05, 0.1) is 22.4 Å². The minimum absolute atomic E-state index is 0.0707. The van der Waals surface area contributed by atoms with Gasteiger partial charge in [-0.2, -0.15) is 0 Å². The van der Waals surface area contributed by atoms with Crippen molar-refractivity contribution in [2.75, 3.05) is 4.90 Å². The molecule has 0 unspecified atom stereocenters. The van der Waals surface area contributed by atoms with Crippen LogP contribution in [0.15, 0.2) is 158 Å². The van der Waals surface area contributed by atoms with Crippen molar-refractivity contribution in [2.24, 2.45) is 0 Å². The van der Waals surface area contributed by atoms with Crippen LogP contribution < -0.4 is 4.90 Å². The smallest absolute Gasteiger partial charge is 0.0582 e. The molecule has 8 aromatic rings. The van der Waals surface area contributed by atoms with Crippen molar-refractivity contribution in [1.29, 1.82) is 0 Å². The fraction of sp³-hybridized carbons (Fsp3) is 0.0698. The van der Waals surface area contributed by atoms with Gasteiger partial charge in [-0.3, -0.25) is 0 Å². The maximum absolute atomic E-state index is 2.49. The highest BCUT2D eigenvalue weighted by Crippen LogP contribution is 2.48. The topological polar surface area (TPSA) is 8.17 Å². The van der Waals surface area contributed by atoms with E-state index in [-0.39, 0.29) is 5.41 Å². The highest BCUT2D eigenvalue weighted by Gasteiger charge is 2.34. The highest BCUT2D eigenvalue weighted by molar-refractivity contribution is 6.14. The number of hydrogen-bond donors (Lipinski definition) is 0. The van der Waals surface area contributed by atoms with Gasteiger partial charge in [-0.1, -0.05) is 123 Å². The Bertz CT molecular complexity index is 2360. The van der Waals surface area contributed by atoms with Gasteiger partial charge in [-0.05, 0) is 76.2 Å². The summed E-state index contributed by atoms with van der Waals surface area (Å²) in [6.45, 7) is 4.71. The lowest BCUT2D eigenvalue weighted by Crippen LogP contribution is -2.26. The number of anilines is 3. The fourth-order valence-electron chi connectivity index (χ4n) is 7.64. The van der Waals surface area contributed by atoms with Gasteiger partial charge in [-0.15, -0.1) is 0 Å². The van der Waals surface area contributed by atoms with E-state index < -0.39 is 0 Å². The third-order valence-electron chi connectivity index (χ3n) is 9.76. The first-order chi connectivity index (χ1) is 22.1. The summed E-state index contributed by atoms with van der Waals surface area (Å²) in [6, 6.07) is 57.5. The van der Waals surface area contributed by atoms with Crippen LogP contribution in [0, 0.1) is 0 Å². The molecule has 2 heteroatoms. The zero-order valence-electron chi connectivity index (χ0n) is 25.4. The molecule has 0 bridgehead atoms. The predicted octanol–water partition coefficient (Wildman–Crippen LogP) is 11.7. The fourth-order valence-corrected chi connectivity index (χ4v) is 7.64. The number of nitrogens with zero attached hydrogens (tertiary/aromatic N) is 2. The number of hydrogen-bond acceptors (Lipinski definition) is 1. The first kappa shape index (κ1) is 25.9. The Balaban J connectivity index is 1.28. The summed E-state index contributed by atoms with van der Waals surface area (Å²) < 4.78 is 2.49. The monoisotopic (exact) mass is 576 g/mol. The van der Waals surface area contributed by atoms with E-state index in [1.807, 2.05) is 0 Å². The molecule has 214 valence electrons. The Kier molecular flexibility index (Phi) is 5.58. The maximum atomic E-state index is 2.49. The highest BCUT2D eigenvalue weighted by atomic mass is 15.1. The molecule has 0 amide bonds. The molecule has 2 nitrogen and oxygen atoms in total. The Morgan fingerprint density at radius 3 is 1.87 bits per heavy atom. The Morgan fingerprint density at radius 2 is 1.11 bits per heavy atom. The summed E-state index contributed by atoms with van der Waals surface area (Å²) in [5.74, 6) is 0. The standard InChI is InChI=1S/C43H32N2/c1-43(2)37-21-11-12-23-41(37)45-40-26-24-29(28-36(40)35-20-13-22-38(43)42(35)45)32-25-27-39(34-19-10-9-18-33(32)34)44(30-14-5-3-6-15-30)31-16-7-4-8-17-31/h3-28H,1-2H3. The molecule has 7 aromatic carbocycles. The Morgan fingerprint density at radius 1 is 0.489 bits per heavy atom. The van der Waals surface area contributed by atoms with Gasteiger partial charge in [0.15, 0.2) is 0 Å². The average Bonchev–Trinajstić information content (AvgIpc) is 3.43. The molecular formula is C43H32N2. The van der Waals surface area contributed by atoms with Crippen LogP contribution in [0.25, 0.3) is 49.4 Å². The minimum Gasteiger partial charge on any atom is -0.310 e. The second kappa shape index (κ2) is 9.70. The van der Waals surface area contributed by atoms with Gasteiger partial charge in [0.25, 0.3) is 0 Å². The number of benzene rings is 7. The molecule has 1 aromatic heterocycles. The largest absolute Gasteiger partial charge is 0.310 e. The molecule has 0 aliphatic carbocycles. The molecule has 9 rings (SSSR count). The molecule has 45 heavy (non-hydrogen) atoms. The van der Waals surface area contributed by atoms with Gasteiger partial charge < -0.3 is 9.47 Å². The predicted molar refractivity (Wildman–Crippen MR) is 191 cm³/mol. The summed E-state index contributed by atoms with van der Waals surface area (Å²) in [5.41, 5.74) is 12.5. The molecule has 0 saturated heterocycles. The summed E-state index contributed by atoms with van der Waals surface area (Å²) >= 11 is 0. The van der Waals surface area contributed by atoms with Crippen LogP contribution in [-0.4, -0.2) is 4.57 Å². The van der Waals surface area contributed by atoms with Gasteiger partial charge in [0.1, 0.15) is 0 Å². The average molecular weight is 577 g/mol. The first-order valence-electron chi connectivity index (χ1n) is 15.7. The van der Waals surface area contributed by atoms with Gasteiger partial charge in [-0.25, -0.2) is 0 Å². The van der Waals surface area contributed by atoms with E-state index in [0.29, 0.717) is 0 Å². The van der Waals surface area contributed by atoms with E-state index in [1.54, 1.807) is 0 Å². The van der Waals surface area contributed by atoms with Crippen LogP contribution >= 0.6 is 0 Å². The zero-order chi connectivity index (χ0) is 30.1. The number of fused-ring (bicyclic) bond motifs is 6. The Labute approximate surface area is 263 Å². The van der Waals surface area contributed by atoms with Crippen LogP contribution in [0.3, 0.4) is 0 Å². The summed E-state index contributed by atoms with van der Waals surface area (Å²) in [4.78, 5) is 2.36. The molecule has 0 N–H and O–H groups in total. The van der Waals surface area contributed by atoms with E-state index in [1.165, 1.54) is 66.2 Å². The Hall–Kier alpha value is -5.60. The lowest BCUT2D eigenvalue weighted by atomic mass is 9.75. The number of aromatic nitrogens is 1. The lowest BCUT2D eigenvalue weighted by Gasteiger charge is -2.34. The van der Waals surface area contributed by atoms with Crippen molar-refractivity contribution >= 4 is 49.6 Å². The molecule has 0 atom stereocenters. The van der Waals surface area contributed by atoms with Crippen molar-refractivity contribution in [1.82, 2.24) is 4.57 Å². The van der Waals surface area contributed by atoms with Crippen LogP contribution in [0.2, 0.25) is 0 Å². The third kappa shape index (κ3) is 3.76. The van der Waals surface area contributed by atoms with E-state index >= 15 is 0 Å². The van der Waals surface area contributed by atoms with Crippen LogP contribution in [-0.2, 0) is 5.41 Å². The van der Waals surface area contributed by atoms with Crippen molar-refractivity contribution in [2.45, 2.75) is 19.3 Å². The van der Waals surface area contributed by atoms with E-state index in [4.69, 9.17) is 0 Å². The van der Waals surface area contributed by atoms with Crippen LogP contribution in [0.4, 0.5) is 17.1 Å². The number of para-hydroxylation sites is 4. The van der Waals surface area contributed by atoms with Crippen LogP contribution in [0.1, 0.15) is 25.0 Å². The summed E-state index contributed by atoms with van der Waals surface area (Å²) in [7, 11) is 0. The zero-order valence-corrected chi connectivity index (χ0v) is 25.4. The number of rotatable bonds is 4. The van der Waals surface area contributed by atoms with Gasteiger partial charge in [0.2, 0.25) is 0 Å². The molecule has 0 saturated carbocycles. The SMILES string of the molecule is CC1(C)c2ccccc2-n2c3ccc(-c4ccc(N(c5ccccc5)c5ccccc5)c5ccccc45)cc3c3cccc1c32. The van der Waals surface area contributed by atoms with Gasteiger partial charge >= 0.3 is 0 Å². The third-order valence-corrected chi connectivity index (χ3v) is 9.76. The van der Waals surface area contributed by atoms with Crippen molar-refractivity contribution in [3.05, 3.63) is 169 Å². The molecule has 0 radical (unpaired) electrons. The first-order valence-corrected chi connectivity index (χ1v) is 15.7. The van der Waals surface area contributed by atoms with Crippen molar-refractivity contribution in [3.8, 4) is 16.8 Å². The van der Waals surface area contributed by atoms with Crippen molar-refractivity contribution < 1.29 is 0 Å². The van der Waals surface area contributed by atoms with Gasteiger partial charge in [0, 0.05) is 32.9 Å². The normalized spacial score (nSPS) is 13.3. The maximum Gasteiger partial charge on any atom is 0.0582 e.